The lowest BCUT2D eigenvalue weighted by Crippen LogP contribution is -2.50. The monoisotopic (exact) mass is 406 g/mol. The number of nitrogens with zero attached hydrogens (tertiary/aromatic N) is 4. The lowest BCUT2D eigenvalue weighted by molar-refractivity contribution is 0.0614. The van der Waals surface area contributed by atoms with Gasteiger partial charge in [-0.15, -0.1) is 0 Å². The maximum atomic E-state index is 13.0. The molecule has 4 rings (SSSR count). The number of Topliss-reactive ketones (excluding diaryl/α,β-unsaturated/α-hetero) is 1. The number of carbonyl (C=O) groups excluding carboxylic acids is 2. The molecule has 1 aliphatic rings. The molecule has 0 saturated carbocycles. The molecule has 1 amide bonds. The van der Waals surface area contributed by atoms with E-state index in [1.807, 2.05) is 41.3 Å². The van der Waals surface area contributed by atoms with Gasteiger partial charge >= 0.3 is 0 Å². The van der Waals surface area contributed by atoms with E-state index < -0.39 is 0 Å². The van der Waals surface area contributed by atoms with Gasteiger partial charge in [0, 0.05) is 44.4 Å². The number of amides is 1. The average molecular weight is 406 g/mol. The number of hydrogen-bond donors (Lipinski definition) is 0. The van der Waals surface area contributed by atoms with Crippen LogP contribution in [0.4, 0.5) is 4.39 Å². The summed E-state index contributed by atoms with van der Waals surface area (Å²) in [5.41, 5.74) is 2.78. The zero-order chi connectivity index (χ0) is 21.1. The van der Waals surface area contributed by atoms with Crippen LogP contribution in [0.5, 0.6) is 0 Å². The molecule has 1 aromatic heterocycles. The number of ketones is 1. The first-order chi connectivity index (χ1) is 14.5. The van der Waals surface area contributed by atoms with Crippen molar-refractivity contribution in [2.75, 3.05) is 32.7 Å². The molecule has 1 saturated heterocycles. The minimum atomic E-state index is -0.357. The molecule has 0 aliphatic carbocycles. The first-order valence-electron chi connectivity index (χ1n) is 9.91. The van der Waals surface area contributed by atoms with Gasteiger partial charge in [0.2, 0.25) is 0 Å². The fourth-order valence-electron chi connectivity index (χ4n) is 3.62. The van der Waals surface area contributed by atoms with E-state index in [2.05, 4.69) is 5.10 Å². The summed E-state index contributed by atoms with van der Waals surface area (Å²) in [6.07, 6.45) is 0. The van der Waals surface area contributed by atoms with Crippen molar-refractivity contribution >= 4 is 11.7 Å². The molecule has 0 radical (unpaired) electrons. The van der Waals surface area contributed by atoms with Gasteiger partial charge in [-0.3, -0.25) is 19.2 Å². The second kappa shape index (κ2) is 8.59. The Bertz CT molecular complexity index is 1040. The first-order valence-corrected chi connectivity index (χ1v) is 9.91. The van der Waals surface area contributed by atoms with E-state index in [1.54, 1.807) is 16.6 Å². The van der Waals surface area contributed by atoms with Crippen LogP contribution < -0.4 is 0 Å². The Morgan fingerprint density at radius 2 is 1.63 bits per heavy atom. The molecule has 154 valence electrons. The minimum Gasteiger partial charge on any atom is -0.335 e. The van der Waals surface area contributed by atoms with E-state index in [0.717, 1.165) is 11.3 Å². The zero-order valence-corrected chi connectivity index (χ0v) is 16.8. The Kier molecular flexibility index (Phi) is 5.72. The van der Waals surface area contributed by atoms with Crippen LogP contribution in [0.25, 0.3) is 11.3 Å². The van der Waals surface area contributed by atoms with Crippen molar-refractivity contribution in [2.45, 2.75) is 0 Å². The standard InChI is InChI=1S/C23H23FN4O2/c1-26-21(15-20(25-26)17-5-3-2-4-6-17)23(30)28-13-11-27(12-14-28)16-22(29)18-7-9-19(24)10-8-18/h2-10,15H,11-14,16H2,1H3. The Balaban J connectivity index is 1.36. The molecule has 1 aliphatic heterocycles. The van der Waals surface area contributed by atoms with Gasteiger partial charge in [-0.1, -0.05) is 30.3 Å². The zero-order valence-electron chi connectivity index (χ0n) is 16.8. The molecular weight excluding hydrogens is 383 g/mol. The molecule has 0 spiro atoms. The van der Waals surface area contributed by atoms with E-state index in [4.69, 9.17) is 0 Å². The van der Waals surface area contributed by atoms with Gasteiger partial charge in [0.05, 0.1) is 12.2 Å². The number of carbonyl (C=O) groups is 2. The average Bonchev–Trinajstić information content (AvgIpc) is 3.16. The van der Waals surface area contributed by atoms with Crippen LogP contribution in [0, 0.1) is 5.82 Å². The second-order valence-electron chi connectivity index (χ2n) is 7.40. The largest absolute Gasteiger partial charge is 0.335 e. The molecular formula is C23H23FN4O2. The molecule has 1 fully saturated rings. The maximum absolute atomic E-state index is 13.0. The quantitative estimate of drug-likeness (QED) is 0.612. The highest BCUT2D eigenvalue weighted by Crippen LogP contribution is 2.20. The van der Waals surface area contributed by atoms with Gasteiger partial charge < -0.3 is 4.90 Å². The summed E-state index contributed by atoms with van der Waals surface area (Å²) in [4.78, 5) is 29.2. The number of hydrogen-bond acceptors (Lipinski definition) is 4. The van der Waals surface area contributed by atoms with Crippen molar-refractivity contribution in [1.82, 2.24) is 19.6 Å². The van der Waals surface area contributed by atoms with E-state index in [9.17, 15) is 14.0 Å². The summed E-state index contributed by atoms with van der Waals surface area (Å²) in [5.74, 6) is -0.463. The fraction of sp³-hybridized carbons (Fsp3) is 0.261. The third-order valence-corrected chi connectivity index (χ3v) is 5.36. The van der Waals surface area contributed by atoms with Gasteiger partial charge in [-0.05, 0) is 30.3 Å². The van der Waals surface area contributed by atoms with E-state index >= 15 is 0 Å². The van der Waals surface area contributed by atoms with E-state index in [1.165, 1.54) is 24.3 Å². The SMILES string of the molecule is Cn1nc(-c2ccccc2)cc1C(=O)N1CCN(CC(=O)c2ccc(F)cc2)CC1. The number of benzene rings is 2. The second-order valence-corrected chi connectivity index (χ2v) is 7.40. The lowest BCUT2D eigenvalue weighted by Gasteiger charge is -2.34. The molecule has 0 bridgehead atoms. The first kappa shape index (κ1) is 20.0. The lowest BCUT2D eigenvalue weighted by atomic mass is 10.1. The molecule has 6 nitrogen and oxygen atoms in total. The van der Waals surface area contributed by atoms with E-state index in [-0.39, 0.29) is 24.1 Å². The maximum Gasteiger partial charge on any atom is 0.272 e. The summed E-state index contributed by atoms with van der Waals surface area (Å²) in [5, 5.41) is 4.48. The van der Waals surface area contributed by atoms with Crippen LogP contribution in [0.3, 0.4) is 0 Å². The van der Waals surface area contributed by atoms with Crippen molar-refractivity contribution in [2.24, 2.45) is 7.05 Å². The molecule has 2 heterocycles. The number of aryl methyl sites for hydroxylation is 1. The van der Waals surface area contributed by atoms with Crippen molar-refractivity contribution in [3.05, 3.63) is 77.7 Å². The summed E-state index contributed by atoms with van der Waals surface area (Å²) >= 11 is 0. The predicted molar refractivity (Wildman–Crippen MR) is 112 cm³/mol. The molecule has 0 unspecified atom stereocenters. The third-order valence-electron chi connectivity index (χ3n) is 5.36. The Morgan fingerprint density at radius 1 is 0.967 bits per heavy atom. The number of rotatable bonds is 5. The van der Waals surface area contributed by atoms with Crippen molar-refractivity contribution < 1.29 is 14.0 Å². The van der Waals surface area contributed by atoms with Crippen LogP contribution in [-0.4, -0.2) is 64.0 Å². The van der Waals surface area contributed by atoms with Crippen LogP contribution in [0.2, 0.25) is 0 Å². The van der Waals surface area contributed by atoms with Crippen molar-refractivity contribution in [3.63, 3.8) is 0 Å². The highest BCUT2D eigenvalue weighted by molar-refractivity contribution is 5.97. The van der Waals surface area contributed by atoms with Gasteiger partial charge in [-0.2, -0.15) is 5.10 Å². The van der Waals surface area contributed by atoms with Gasteiger partial charge in [0.25, 0.3) is 5.91 Å². The van der Waals surface area contributed by atoms with Crippen molar-refractivity contribution in [1.29, 1.82) is 0 Å². The van der Waals surface area contributed by atoms with Crippen LogP contribution in [0.15, 0.2) is 60.7 Å². The molecule has 3 aromatic rings. The number of aromatic nitrogens is 2. The summed E-state index contributed by atoms with van der Waals surface area (Å²) in [6, 6.07) is 17.2. The van der Waals surface area contributed by atoms with Crippen LogP contribution in [-0.2, 0) is 7.05 Å². The van der Waals surface area contributed by atoms with Gasteiger partial charge in [0.15, 0.2) is 5.78 Å². The Morgan fingerprint density at radius 3 is 2.30 bits per heavy atom. The van der Waals surface area contributed by atoms with Crippen LogP contribution in [0.1, 0.15) is 20.8 Å². The highest BCUT2D eigenvalue weighted by Gasteiger charge is 2.26. The van der Waals surface area contributed by atoms with E-state index in [0.29, 0.717) is 37.4 Å². The van der Waals surface area contributed by atoms with Gasteiger partial charge in [0.1, 0.15) is 11.5 Å². The molecule has 2 aromatic carbocycles. The molecule has 7 heteroatoms. The van der Waals surface area contributed by atoms with Gasteiger partial charge in [-0.25, -0.2) is 4.39 Å². The molecule has 0 atom stereocenters. The van der Waals surface area contributed by atoms with Crippen molar-refractivity contribution in [3.8, 4) is 11.3 Å². The normalized spacial score (nSPS) is 14.7. The smallest absolute Gasteiger partial charge is 0.272 e. The topological polar surface area (TPSA) is 58.4 Å². The molecule has 0 N–H and O–H groups in total. The van der Waals surface area contributed by atoms with Crippen LogP contribution >= 0.6 is 0 Å². The number of piperazine rings is 1. The Hall–Kier alpha value is -3.32. The minimum absolute atomic E-state index is 0.0473. The third kappa shape index (κ3) is 4.31. The summed E-state index contributed by atoms with van der Waals surface area (Å²) in [6.45, 7) is 2.57. The Labute approximate surface area is 174 Å². The highest BCUT2D eigenvalue weighted by atomic mass is 19.1. The number of halogens is 1. The summed E-state index contributed by atoms with van der Waals surface area (Å²) in [7, 11) is 1.78. The predicted octanol–water partition coefficient (Wildman–Crippen LogP) is 2.87. The molecule has 30 heavy (non-hydrogen) atoms. The summed E-state index contributed by atoms with van der Waals surface area (Å²) < 4.78 is 14.6. The fourth-order valence-corrected chi connectivity index (χ4v) is 3.62.